The molecule has 1 aliphatic carbocycles. The third-order valence-electron chi connectivity index (χ3n) is 4.19. The van der Waals surface area contributed by atoms with Gasteiger partial charge in [-0.15, -0.1) is 0 Å². The van der Waals surface area contributed by atoms with Gasteiger partial charge in [0.1, 0.15) is 11.2 Å². The van der Waals surface area contributed by atoms with Crippen molar-refractivity contribution >= 4 is 11.9 Å². The van der Waals surface area contributed by atoms with E-state index in [1.54, 1.807) is 10.7 Å². The number of rotatable bonds is 5. The van der Waals surface area contributed by atoms with Crippen molar-refractivity contribution in [2.24, 2.45) is 0 Å². The molecular weight excluding hydrogens is 270 g/mol. The number of carbonyl (C=O) groups excluding carboxylic acids is 1. The summed E-state index contributed by atoms with van der Waals surface area (Å²) in [5, 5.41) is 16.6. The number of nitrogens with zero attached hydrogens (tertiary/aromatic N) is 2. The number of hydrogen-bond donors (Lipinski definition) is 2. The predicted molar refractivity (Wildman–Crippen MR) is 78.2 cm³/mol. The Morgan fingerprint density at radius 2 is 2.00 bits per heavy atom. The summed E-state index contributed by atoms with van der Waals surface area (Å²) in [5.74, 6) is -1.28. The molecule has 21 heavy (non-hydrogen) atoms. The zero-order chi connectivity index (χ0) is 15.5. The number of hydrogen-bond acceptors (Lipinski definition) is 3. The first-order valence-corrected chi connectivity index (χ1v) is 7.65. The van der Waals surface area contributed by atoms with Gasteiger partial charge >= 0.3 is 5.97 Å². The summed E-state index contributed by atoms with van der Waals surface area (Å²) < 4.78 is 1.63. The van der Waals surface area contributed by atoms with Crippen LogP contribution in [0.5, 0.6) is 0 Å². The van der Waals surface area contributed by atoms with Gasteiger partial charge in [-0.05, 0) is 32.3 Å². The highest BCUT2D eigenvalue weighted by Crippen LogP contribution is 2.29. The van der Waals surface area contributed by atoms with Gasteiger partial charge < -0.3 is 10.4 Å². The monoisotopic (exact) mass is 293 g/mol. The third kappa shape index (κ3) is 3.09. The van der Waals surface area contributed by atoms with Gasteiger partial charge in [-0.3, -0.25) is 9.48 Å². The molecule has 1 heterocycles. The Kier molecular flexibility index (Phi) is 4.65. The second-order valence-electron chi connectivity index (χ2n) is 5.59. The van der Waals surface area contributed by atoms with Crippen molar-refractivity contribution < 1.29 is 14.7 Å². The molecular formula is C15H23N3O3. The van der Waals surface area contributed by atoms with Crippen molar-refractivity contribution in [2.75, 3.05) is 0 Å². The third-order valence-corrected chi connectivity index (χ3v) is 4.19. The van der Waals surface area contributed by atoms with E-state index in [0.29, 0.717) is 25.1 Å². The number of amides is 1. The molecule has 0 bridgehead atoms. The Morgan fingerprint density at radius 3 is 2.52 bits per heavy atom. The lowest BCUT2D eigenvalue weighted by Gasteiger charge is -2.33. The van der Waals surface area contributed by atoms with Gasteiger partial charge in [0.2, 0.25) is 0 Å². The van der Waals surface area contributed by atoms with E-state index in [1.165, 1.54) is 0 Å². The van der Waals surface area contributed by atoms with Crippen LogP contribution in [-0.2, 0) is 17.8 Å². The van der Waals surface area contributed by atoms with E-state index < -0.39 is 11.5 Å². The molecule has 116 valence electrons. The summed E-state index contributed by atoms with van der Waals surface area (Å²) in [4.78, 5) is 24.1. The minimum absolute atomic E-state index is 0.339. The maximum Gasteiger partial charge on any atom is 0.329 e. The highest BCUT2D eigenvalue weighted by molar-refractivity contribution is 5.96. The van der Waals surface area contributed by atoms with Crippen LogP contribution in [0.4, 0.5) is 0 Å². The number of nitrogens with one attached hydrogen (secondary N) is 1. The van der Waals surface area contributed by atoms with Crippen LogP contribution in [0, 0.1) is 0 Å². The summed E-state index contributed by atoms with van der Waals surface area (Å²) >= 11 is 0. The Labute approximate surface area is 124 Å². The number of aromatic nitrogens is 2. The van der Waals surface area contributed by atoms with Gasteiger partial charge in [0.25, 0.3) is 5.91 Å². The van der Waals surface area contributed by atoms with Crippen LogP contribution in [0.3, 0.4) is 0 Å². The molecule has 1 aliphatic rings. The number of carboxylic acid groups (broad SMARTS) is 1. The zero-order valence-electron chi connectivity index (χ0n) is 12.7. The summed E-state index contributed by atoms with van der Waals surface area (Å²) in [7, 11) is 0. The second-order valence-corrected chi connectivity index (χ2v) is 5.59. The molecule has 2 N–H and O–H groups in total. The van der Waals surface area contributed by atoms with Crippen molar-refractivity contribution in [1.29, 1.82) is 0 Å². The van der Waals surface area contributed by atoms with E-state index in [-0.39, 0.29) is 5.91 Å². The fourth-order valence-electron chi connectivity index (χ4n) is 2.90. The van der Waals surface area contributed by atoms with Gasteiger partial charge in [0.05, 0.1) is 5.69 Å². The molecule has 0 aliphatic heterocycles. The Morgan fingerprint density at radius 1 is 1.33 bits per heavy atom. The minimum Gasteiger partial charge on any atom is -0.480 e. The molecule has 0 aromatic carbocycles. The molecule has 1 amide bonds. The molecule has 1 aromatic heterocycles. The average molecular weight is 293 g/mol. The lowest BCUT2D eigenvalue weighted by molar-refractivity contribution is -0.145. The Hall–Kier alpha value is -1.85. The molecule has 0 spiro atoms. The number of aliphatic carboxylic acids is 1. The van der Waals surface area contributed by atoms with Crippen LogP contribution in [0.15, 0.2) is 6.07 Å². The standard InChI is InChI=1S/C15H23N3O3/c1-3-11-10-12(18(4-2)17-11)13(19)16-15(14(20)21)8-6-5-7-9-15/h10H,3-9H2,1-2H3,(H,16,19)(H,20,21). The van der Waals surface area contributed by atoms with E-state index in [1.807, 2.05) is 13.8 Å². The van der Waals surface area contributed by atoms with Crippen LogP contribution < -0.4 is 5.32 Å². The van der Waals surface area contributed by atoms with E-state index in [9.17, 15) is 14.7 Å². The van der Waals surface area contributed by atoms with Crippen LogP contribution in [-0.4, -0.2) is 32.3 Å². The number of carboxylic acids is 1. The molecule has 0 atom stereocenters. The topological polar surface area (TPSA) is 84.2 Å². The quantitative estimate of drug-likeness (QED) is 0.869. The maximum atomic E-state index is 12.5. The lowest BCUT2D eigenvalue weighted by atomic mass is 9.81. The van der Waals surface area contributed by atoms with Crippen LogP contribution in [0.1, 0.15) is 62.1 Å². The lowest BCUT2D eigenvalue weighted by Crippen LogP contribution is -2.55. The van der Waals surface area contributed by atoms with Crippen molar-refractivity contribution in [2.45, 2.75) is 64.5 Å². The van der Waals surface area contributed by atoms with Crippen LogP contribution >= 0.6 is 0 Å². The highest BCUT2D eigenvalue weighted by atomic mass is 16.4. The molecule has 0 unspecified atom stereocenters. The molecule has 0 saturated heterocycles. The fraction of sp³-hybridized carbons (Fsp3) is 0.667. The van der Waals surface area contributed by atoms with Gasteiger partial charge in [-0.2, -0.15) is 5.10 Å². The molecule has 2 rings (SSSR count). The number of aryl methyl sites for hydroxylation is 2. The predicted octanol–water partition coefficient (Wildman–Crippen LogP) is 1.98. The average Bonchev–Trinajstić information content (AvgIpc) is 2.91. The SMILES string of the molecule is CCc1cc(C(=O)NC2(C(=O)O)CCCCC2)n(CC)n1. The van der Waals surface area contributed by atoms with E-state index in [2.05, 4.69) is 10.4 Å². The largest absolute Gasteiger partial charge is 0.480 e. The van der Waals surface area contributed by atoms with E-state index >= 15 is 0 Å². The van der Waals surface area contributed by atoms with Crippen molar-refractivity contribution in [3.8, 4) is 0 Å². The number of carbonyl (C=O) groups is 2. The zero-order valence-corrected chi connectivity index (χ0v) is 12.7. The normalized spacial score (nSPS) is 17.4. The Balaban J connectivity index is 2.23. The summed E-state index contributed by atoms with van der Waals surface area (Å²) in [6.07, 6.45) is 4.43. The molecule has 1 aromatic rings. The summed E-state index contributed by atoms with van der Waals surface area (Å²) in [5.41, 5.74) is 0.167. The van der Waals surface area contributed by atoms with Crippen LogP contribution in [0.2, 0.25) is 0 Å². The Bertz CT molecular complexity index is 530. The molecule has 1 fully saturated rings. The van der Waals surface area contributed by atoms with E-state index in [4.69, 9.17) is 0 Å². The smallest absolute Gasteiger partial charge is 0.329 e. The first-order chi connectivity index (χ1) is 10.0. The summed E-state index contributed by atoms with van der Waals surface area (Å²) in [6.45, 7) is 4.48. The molecule has 0 radical (unpaired) electrons. The van der Waals surface area contributed by atoms with Crippen molar-refractivity contribution in [3.63, 3.8) is 0 Å². The first-order valence-electron chi connectivity index (χ1n) is 7.65. The van der Waals surface area contributed by atoms with Crippen LogP contribution in [0.25, 0.3) is 0 Å². The van der Waals surface area contributed by atoms with Gasteiger partial charge in [-0.25, -0.2) is 4.79 Å². The molecule has 1 saturated carbocycles. The van der Waals surface area contributed by atoms with Gasteiger partial charge in [-0.1, -0.05) is 26.2 Å². The van der Waals surface area contributed by atoms with Gasteiger partial charge in [0.15, 0.2) is 0 Å². The van der Waals surface area contributed by atoms with Gasteiger partial charge in [0, 0.05) is 6.54 Å². The fourth-order valence-corrected chi connectivity index (χ4v) is 2.90. The van der Waals surface area contributed by atoms with E-state index in [0.717, 1.165) is 31.4 Å². The minimum atomic E-state index is -1.12. The van der Waals surface area contributed by atoms with Crippen molar-refractivity contribution in [1.82, 2.24) is 15.1 Å². The summed E-state index contributed by atoms with van der Waals surface area (Å²) in [6, 6.07) is 1.75. The molecule has 6 nitrogen and oxygen atoms in total. The van der Waals surface area contributed by atoms with Crippen molar-refractivity contribution in [3.05, 3.63) is 17.5 Å². The first kappa shape index (κ1) is 15.5. The highest BCUT2D eigenvalue weighted by Gasteiger charge is 2.41. The molecule has 6 heteroatoms. The maximum absolute atomic E-state index is 12.5. The second kappa shape index (κ2) is 6.28.